The van der Waals surface area contributed by atoms with Gasteiger partial charge in [-0.05, 0) is 24.3 Å². The molecule has 0 aliphatic carbocycles. The molecule has 0 unspecified atom stereocenters. The summed E-state index contributed by atoms with van der Waals surface area (Å²) in [5, 5.41) is 8.74. The Balaban J connectivity index is 2.15. The van der Waals surface area contributed by atoms with E-state index in [9.17, 15) is 13.2 Å². The van der Waals surface area contributed by atoms with Crippen LogP contribution in [-0.2, 0) is 6.18 Å². The van der Waals surface area contributed by atoms with E-state index in [4.69, 9.17) is 5.26 Å². The number of rotatable bonds is 1. The summed E-state index contributed by atoms with van der Waals surface area (Å²) in [7, 11) is 0. The van der Waals surface area contributed by atoms with Crippen molar-refractivity contribution < 1.29 is 13.2 Å². The van der Waals surface area contributed by atoms with Crippen molar-refractivity contribution in [3.63, 3.8) is 0 Å². The summed E-state index contributed by atoms with van der Waals surface area (Å²) in [5.41, 5.74) is 1.03. The Morgan fingerprint density at radius 3 is 2.38 bits per heavy atom. The number of imidazole rings is 1. The summed E-state index contributed by atoms with van der Waals surface area (Å²) in [6.07, 6.45) is -3.10. The van der Waals surface area contributed by atoms with Gasteiger partial charge in [0.1, 0.15) is 11.3 Å². The predicted molar refractivity (Wildman–Crippen MR) is 70.3 cm³/mol. The van der Waals surface area contributed by atoms with Gasteiger partial charge in [0.15, 0.2) is 0 Å². The fourth-order valence-electron chi connectivity index (χ4n) is 2.10. The molecule has 0 saturated carbocycles. The molecule has 0 fully saturated rings. The third-order valence-electron chi connectivity index (χ3n) is 3.09. The number of hydrogen-bond donors (Lipinski definition) is 0. The van der Waals surface area contributed by atoms with Gasteiger partial charge in [-0.3, -0.25) is 4.40 Å². The Hall–Kier alpha value is -2.81. The Kier molecular flexibility index (Phi) is 2.91. The Morgan fingerprint density at radius 1 is 1.05 bits per heavy atom. The van der Waals surface area contributed by atoms with Crippen molar-refractivity contribution in [1.82, 2.24) is 9.38 Å². The molecule has 1 aromatic carbocycles. The summed E-state index contributed by atoms with van der Waals surface area (Å²) in [4.78, 5) is 4.19. The quantitative estimate of drug-likeness (QED) is 0.681. The van der Waals surface area contributed by atoms with Crippen LogP contribution >= 0.6 is 0 Å². The van der Waals surface area contributed by atoms with Crippen LogP contribution in [0.15, 0.2) is 48.7 Å². The topological polar surface area (TPSA) is 41.1 Å². The number of benzene rings is 1. The van der Waals surface area contributed by atoms with Crippen molar-refractivity contribution in [1.29, 1.82) is 5.26 Å². The molecule has 104 valence electrons. The molecule has 0 spiro atoms. The van der Waals surface area contributed by atoms with Crippen LogP contribution in [0.25, 0.3) is 16.9 Å². The summed E-state index contributed by atoms with van der Waals surface area (Å²) in [6, 6.07) is 12.4. The molecule has 0 radical (unpaired) electrons. The molecule has 2 heterocycles. The molecule has 0 atom stereocenters. The molecular weight excluding hydrogens is 279 g/mol. The highest BCUT2D eigenvalue weighted by Crippen LogP contribution is 2.31. The van der Waals surface area contributed by atoms with Gasteiger partial charge in [0.2, 0.25) is 0 Å². The normalized spacial score (nSPS) is 11.5. The van der Waals surface area contributed by atoms with Crippen LogP contribution in [0.2, 0.25) is 0 Å². The van der Waals surface area contributed by atoms with Crippen LogP contribution in [0.4, 0.5) is 13.2 Å². The molecule has 0 aliphatic rings. The van der Waals surface area contributed by atoms with Crippen LogP contribution < -0.4 is 0 Å². The molecule has 0 saturated heterocycles. The number of halogens is 3. The monoisotopic (exact) mass is 287 g/mol. The molecule has 0 N–H and O–H groups in total. The zero-order valence-electron chi connectivity index (χ0n) is 10.6. The van der Waals surface area contributed by atoms with Crippen LogP contribution in [0.5, 0.6) is 0 Å². The molecule has 2 aromatic heterocycles. The average molecular weight is 287 g/mol. The van der Waals surface area contributed by atoms with E-state index in [1.54, 1.807) is 24.3 Å². The molecule has 3 nitrogen and oxygen atoms in total. The van der Waals surface area contributed by atoms with Crippen LogP contribution in [0.3, 0.4) is 0 Å². The maximum atomic E-state index is 12.9. The Labute approximate surface area is 117 Å². The van der Waals surface area contributed by atoms with Gasteiger partial charge < -0.3 is 0 Å². The fourth-order valence-corrected chi connectivity index (χ4v) is 2.10. The number of fused-ring (bicyclic) bond motifs is 1. The predicted octanol–water partition coefficient (Wildman–Crippen LogP) is 3.89. The number of aromatic nitrogens is 2. The SMILES string of the molecule is N#Cc1ccc(-c2cn3c(C(F)(F)F)cccc3n2)cc1. The lowest BCUT2D eigenvalue weighted by Gasteiger charge is -2.08. The second-order valence-corrected chi connectivity index (χ2v) is 4.45. The average Bonchev–Trinajstić information content (AvgIpc) is 2.90. The largest absolute Gasteiger partial charge is 0.431 e. The van der Waals surface area contributed by atoms with Gasteiger partial charge in [-0.15, -0.1) is 0 Å². The van der Waals surface area contributed by atoms with Crippen molar-refractivity contribution >= 4 is 5.65 Å². The summed E-state index contributed by atoms with van der Waals surface area (Å²) >= 11 is 0. The smallest absolute Gasteiger partial charge is 0.295 e. The van der Waals surface area contributed by atoms with Crippen molar-refractivity contribution in [3.8, 4) is 17.3 Å². The minimum atomic E-state index is -4.44. The third kappa shape index (κ3) is 2.34. The van der Waals surface area contributed by atoms with E-state index >= 15 is 0 Å². The zero-order valence-corrected chi connectivity index (χ0v) is 10.6. The lowest BCUT2D eigenvalue weighted by atomic mass is 10.1. The van der Waals surface area contributed by atoms with E-state index < -0.39 is 11.9 Å². The molecule has 3 aromatic rings. The highest BCUT2D eigenvalue weighted by Gasteiger charge is 2.33. The Bertz CT molecular complexity index is 839. The Morgan fingerprint density at radius 2 is 1.76 bits per heavy atom. The van der Waals surface area contributed by atoms with Gasteiger partial charge in [-0.2, -0.15) is 18.4 Å². The van der Waals surface area contributed by atoms with Gasteiger partial charge in [0, 0.05) is 11.8 Å². The van der Waals surface area contributed by atoms with Crippen molar-refractivity contribution in [3.05, 3.63) is 59.9 Å². The number of pyridine rings is 1. The second-order valence-electron chi connectivity index (χ2n) is 4.45. The van der Waals surface area contributed by atoms with Gasteiger partial charge in [0.05, 0.1) is 17.3 Å². The molecule has 6 heteroatoms. The molecule has 0 aliphatic heterocycles. The van der Waals surface area contributed by atoms with Gasteiger partial charge in [-0.1, -0.05) is 18.2 Å². The summed E-state index contributed by atoms with van der Waals surface area (Å²) in [6.45, 7) is 0. The van der Waals surface area contributed by atoms with Gasteiger partial charge >= 0.3 is 6.18 Å². The number of nitrogens with zero attached hydrogens (tertiary/aromatic N) is 3. The third-order valence-corrected chi connectivity index (χ3v) is 3.09. The maximum absolute atomic E-state index is 12.9. The number of hydrogen-bond acceptors (Lipinski definition) is 2. The molecule has 0 bridgehead atoms. The lowest BCUT2D eigenvalue weighted by molar-refractivity contribution is -0.142. The van der Waals surface area contributed by atoms with Gasteiger partial charge in [-0.25, -0.2) is 4.98 Å². The number of alkyl halides is 3. The fraction of sp³-hybridized carbons (Fsp3) is 0.0667. The van der Waals surface area contributed by atoms with E-state index in [1.165, 1.54) is 18.3 Å². The lowest BCUT2D eigenvalue weighted by Crippen LogP contribution is -2.10. The van der Waals surface area contributed by atoms with Gasteiger partial charge in [0.25, 0.3) is 0 Å². The summed E-state index contributed by atoms with van der Waals surface area (Å²) in [5.74, 6) is 0. The van der Waals surface area contributed by atoms with E-state index in [2.05, 4.69) is 4.98 Å². The van der Waals surface area contributed by atoms with E-state index in [-0.39, 0.29) is 5.65 Å². The highest BCUT2D eigenvalue weighted by molar-refractivity contribution is 5.63. The molecule has 21 heavy (non-hydrogen) atoms. The summed E-state index contributed by atoms with van der Waals surface area (Å²) < 4.78 is 39.9. The first kappa shape index (κ1) is 13.2. The molecule has 0 amide bonds. The van der Waals surface area contributed by atoms with Crippen molar-refractivity contribution in [2.24, 2.45) is 0 Å². The first-order chi connectivity index (χ1) is 9.99. The maximum Gasteiger partial charge on any atom is 0.431 e. The van der Waals surface area contributed by atoms with E-state index in [0.29, 0.717) is 16.8 Å². The minimum absolute atomic E-state index is 0.226. The van der Waals surface area contributed by atoms with Crippen LogP contribution in [0.1, 0.15) is 11.3 Å². The number of nitriles is 1. The molecule has 3 rings (SSSR count). The highest BCUT2D eigenvalue weighted by atomic mass is 19.4. The van der Waals surface area contributed by atoms with Crippen molar-refractivity contribution in [2.45, 2.75) is 6.18 Å². The van der Waals surface area contributed by atoms with E-state index in [0.717, 1.165) is 10.5 Å². The first-order valence-electron chi connectivity index (χ1n) is 6.05. The standard InChI is InChI=1S/C15H8F3N3/c16-15(17,18)13-2-1-3-14-20-12(9-21(13)14)11-6-4-10(8-19)5-7-11/h1-7,9H. The second kappa shape index (κ2) is 4.63. The first-order valence-corrected chi connectivity index (χ1v) is 6.05. The zero-order chi connectivity index (χ0) is 15.0. The van der Waals surface area contributed by atoms with Crippen LogP contribution in [0, 0.1) is 11.3 Å². The van der Waals surface area contributed by atoms with Crippen molar-refractivity contribution in [2.75, 3.05) is 0 Å². The van der Waals surface area contributed by atoms with Crippen LogP contribution in [-0.4, -0.2) is 9.38 Å². The van der Waals surface area contributed by atoms with E-state index in [1.807, 2.05) is 6.07 Å². The minimum Gasteiger partial charge on any atom is -0.295 e. The molecular formula is C15H8F3N3.